The summed E-state index contributed by atoms with van der Waals surface area (Å²) in [7, 11) is 0. The van der Waals surface area contributed by atoms with Gasteiger partial charge in [0.2, 0.25) is 0 Å². The first-order valence-electron chi connectivity index (χ1n) is 4.42. The molecule has 1 rings (SSSR count). The van der Waals surface area contributed by atoms with Crippen molar-refractivity contribution in [2.24, 2.45) is 5.73 Å². The maximum Gasteiger partial charge on any atom is 0.136 e. The van der Waals surface area contributed by atoms with Gasteiger partial charge in [-0.15, -0.1) is 0 Å². The summed E-state index contributed by atoms with van der Waals surface area (Å²) in [6.45, 7) is 3.88. The van der Waals surface area contributed by atoms with E-state index in [2.05, 4.69) is 5.32 Å². The molecule has 0 aliphatic rings. The highest BCUT2D eigenvalue weighted by molar-refractivity contribution is 6.00. The van der Waals surface area contributed by atoms with Crippen LogP contribution >= 0.6 is 0 Å². The van der Waals surface area contributed by atoms with Crippen LogP contribution in [0.1, 0.15) is 19.4 Å². The van der Waals surface area contributed by atoms with E-state index in [1.807, 2.05) is 13.8 Å². The molecule has 3 nitrogen and oxygen atoms in total. The van der Waals surface area contributed by atoms with Crippen LogP contribution in [0.15, 0.2) is 18.2 Å². The van der Waals surface area contributed by atoms with Crippen LogP contribution in [0.25, 0.3) is 0 Å². The number of hydrogen-bond acceptors (Lipinski definition) is 2. The Bertz CT molecular complexity index is 347. The van der Waals surface area contributed by atoms with Gasteiger partial charge in [0.1, 0.15) is 11.7 Å². The Morgan fingerprint density at radius 2 is 2.14 bits per heavy atom. The number of nitrogens with one attached hydrogen (secondary N) is 2. The van der Waals surface area contributed by atoms with Gasteiger partial charge in [-0.05, 0) is 26.0 Å². The van der Waals surface area contributed by atoms with E-state index in [1.54, 1.807) is 12.1 Å². The van der Waals surface area contributed by atoms with Crippen LogP contribution in [-0.4, -0.2) is 11.9 Å². The number of halogens is 1. The lowest BCUT2D eigenvalue weighted by Gasteiger charge is -2.14. The second-order valence-corrected chi connectivity index (χ2v) is 3.38. The minimum Gasteiger partial charge on any atom is -0.384 e. The van der Waals surface area contributed by atoms with E-state index in [1.165, 1.54) is 6.07 Å². The van der Waals surface area contributed by atoms with Gasteiger partial charge in [-0.3, -0.25) is 5.41 Å². The largest absolute Gasteiger partial charge is 0.384 e. The average Bonchev–Trinajstić information content (AvgIpc) is 2.01. The molecule has 0 bridgehead atoms. The summed E-state index contributed by atoms with van der Waals surface area (Å²) in [4.78, 5) is 0. The summed E-state index contributed by atoms with van der Waals surface area (Å²) in [5.41, 5.74) is 6.00. The summed E-state index contributed by atoms with van der Waals surface area (Å²) in [6, 6.07) is 4.77. The number of nitrogens with two attached hydrogens (primary N) is 1. The molecule has 0 amide bonds. The van der Waals surface area contributed by atoms with Crippen LogP contribution in [0.5, 0.6) is 0 Å². The van der Waals surface area contributed by atoms with Gasteiger partial charge in [-0.1, -0.05) is 6.07 Å². The van der Waals surface area contributed by atoms with Gasteiger partial charge in [0, 0.05) is 11.7 Å². The van der Waals surface area contributed by atoms with E-state index in [4.69, 9.17) is 11.1 Å². The molecule has 0 atom stereocenters. The first kappa shape index (κ1) is 10.5. The first-order valence-corrected chi connectivity index (χ1v) is 4.42. The molecule has 0 radical (unpaired) electrons. The first-order chi connectivity index (χ1) is 6.52. The maximum absolute atomic E-state index is 13.3. The highest BCUT2D eigenvalue weighted by Crippen LogP contribution is 2.18. The van der Waals surface area contributed by atoms with E-state index in [-0.39, 0.29) is 17.4 Å². The normalized spacial score (nSPS) is 10.3. The van der Waals surface area contributed by atoms with Crippen molar-refractivity contribution >= 4 is 11.5 Å². The van der Waals surface area contributed by atoms with Gasteiger partial charge in [0.05, 0.1) is 5.56 Å². The number of benzene rings is 1. The van der Waals surface area contributed by atoms with E-state index in [0.717, 1.165) is 0 Å². The van der Waals surface area contributed by atoms with Crippen molar-refractivity contribution in [2.45, 2.75) is 19.9 Å². The lowest BCUT2D eigenvalue weighted by molar-refractivity contribution is 0.625. The molecule has 76 valence electrons. The third-order valence-corrected chi connectivity index (χ3v) is 1.73. The molecule has 1 aromatic carbocycles. The number of rotatable bonds is 3. The fraction of sp³-hybridized carbons (Fsp3) is 0.300. The number of nitrogen functional groups attached to an aromatic ring is 1. The fourth-order valence-corrected chi connectivity index (χ4v) is 1.23. The van der Waals surface area contributed by atoms with Crippen LogP contribution in [0.4, 0.5) is 10.1 Å². The van der Waals surface area contributed by atoms with Crippen molar-refractivity contribution in [2.75, 3.05) is 5.32 Å². The molecular weight excluding hydrogens is 181 g/mol. The molecule has 0 saturated heterocycles. The SMILES string of the molecule is CC(C)Nc1cccc(F)c1C(=N)N. The zero-order chi connectivity index (χ0) is 10.7. The van der Waals surface area contributed by atoms with E-state index in [0.29, 0.717) is 5.69 Å². The van der Waals surface area contributed by atoms with Crippen molar-refractivity contribution in [3.63, 3.8) is 0 Å². The predicted octanol–water partition coefficient (Wildman–Crippen LogP) is 1.93. The van der Waals surface area contributed by atoms with Crippen LogP contribution in [0, 0.1) is 11.2 Å². The second kappa shape index (κ2) is 4.09. The Kier molecular flexibility index (Phi) is 3.06. The van der Waals surface area contributed by atoms with Crippen molar-refractivity contribution in [3.05, 3.63) is 29.6 Å². The summed E-state index contributed by atoms with van der Waals surface area (Å²) in [5, 5.41) is 10.3. The average molecular weight is 195 g/mol. The Labute approximate surface area is 82.6 Å². The third-order valence-electron chi connectivity index (χ3n) is 1.73. The van der Waals surface area contributed by atoms with Gasteiger partial charge in [0.15, 0.2) is 0 Å². The zero-order valence-electron chi connectivity index (χ0n) is 8.26. The van der Waals surface area contributed by atoms with Crippen LogP contribution in [0.3, 0.4) is 0 Å². The predicted molar refractivity (Wildman–Crippen MR) is 56.2 cm³/mol. The van der Waals surface area contributed by atoms with Crippen molar-refractivity contribution in [3.8, 4) is 0 Å². The van der Waals surface area contributed by atoms with Crippen molar-refractivity contribution in [1.29, 1.82) is 5.41 Å². The van der Waals surface area contributed by atoms with Gasteiger partial charge in [-0.25, -0.2) is 4.39 Å². The molecule has 0 aromatic heterocycles. The third kappa shape index (κ3) is 2.22. The van der Waals surface area contributed by atoms with Crippen molar-refractivity contribution < 1.29 is 4.39 Å². The standard InChI is InChI=1S/C10H14FN3/c1-6(2)14-8-5-3-4-7(11)9(8)10(12)13/h3-6,14H,1-2H3,(H3,12,13). The Hall–Kier alpha value is -1.58. The minimum absolute atomic E-state index is 0.140. The number of anilines is 1. The monoisotopic (exact) mass is 195 g/mol. The molecule has 0 spiro atoms. The fourth-order valence-electron chi connectivity index (χ4n) is 1.23. The molecule has 0 aliphatic carbocycles. The summed E-state index contributed by atoms with van der Waals surface area (Å²) in [6.07, 6.45) is 0. The molecule has 0 saturated carbocycles. The number of amidine groups is 1. The quantitative estimate of drug-likeness (QED) is 0.509. The molecule has 0 unspecified atom stereocenters. The second-order valence-electron chi connectivity index (χ2n) is 3.38. The van der Waals surface area contributed by atoms with E-state index in [9.17, 15) is 4.39 Å². The smallest absolute Gasteiger partial charge is 0.136 e. The Morgan fingerprint density at radius 1 is 1.50 bits per heavy atom. The molecule has 4 N–H and O–H groups in total. The zero-order valence-corrected chi connectivity index (χ0v) is 8.26. The molecule has 14 heavy (non-hydrogen) atoms. The molecule has 0 fully saturated rings. The van der Waals surface area contributed by atoms with Crippen molar-refractivity contribution in [1.82, 2.24) is 0 Å². The Balaban J connectivity index is 3.14. The lowest BCUT2D eigenvalue weighted by Crippen LogP contribution is -2.19. The Morgan fingerprint density at radius 3 is 2.64 bits per heavy atom. The van der Waals surface area contributed by atoms with Crippen LogP contribution < -0.4 is 11.1 Å². The minimum atomic E-state index is -0.469. The highest BCUT2D eigenvalue weighted by Gasteiger charge is 2.11. The molecule has 1 aromatic rings. The lowest BCUT2D eigenvalue weighted by atomic mass is 10.1. The number of hydrogen-bond donors (Lipinski definition) is 3. The van der Waals surface area contributed by atoms with Crippen LogP contribution in [0.2, 0.25) is 0 Å². The molecule has 0 heterocycles. The maximum atomic E-state index is 13.3. The highest BCUT2D eigenvalue weighted by atomic mass is 19.1. The van der Waals surface area contributed by atoms with Gasteiger partial charge >= 0.3 is 0 Å². The van der Waals surface area contributed by atoms with Gasteiger partial charge in [-0.2, -0.15) is 0 Å². The summed E-state index contributed by atoms with van der Waals surface area (Å²) >= 11 is 0. The van der Waals surface area contributed by atoms with E-state index < -0.39 is 5.82 Å². The topological polar surface area (TPSA) is 61.9 Å². The van der Waals surface area contributed by atoms with Gasteiger partial charge in [0.25, 0.3) is 0 Å². The summed E-state index contributed by atoms with van der Waals surface area (Å²) < 4.78 is 13.3. The molecule has 4 heteroatoms. The van der Waals surface area contributed by atoms with Crippen LogP contribution in [-0.2, 0) is 0 Å². The summed E-state index contributed by atoms with van der Waals surface area (Å²) in [5.74, 6) is -0.727. The molecule has 0 aliphatic heterocycles. The van der Waals surface area contributed by atoms with E-state index >= 15 is 0 Å². The van der Waals surface area contributed by atoms with Gasteiger partial charge < -0.3 is 11.1 Å². The molecular formula is C10H14FN3.